The quantitative estimate of drug-likeness (QED) is 0.412. The van der Waals surface area contributed by atoms with Crippen LogP contribution in [0.1, 0.15) is 84.0 Å². The molecule has 0 spiro atoms. The average molecular weight is 317 g/mol. The number of nitrogens with zero attached hydrogens (tertiary/aromatic N) is 1. The summed E-state index contributed by atoms with van der Waals surface area (Å²) >= 11 is 0. The number of unbranched alkanes of at least 4 members (excludes halogenated alkanes) is 5. The zero-order valence-corrected chi connectivity index (χ0v) is 14.2. The van der Waals surface area contributed by atoms with Gasteiger partial charge in [0, 0.05) is 0 Å². The molecule has 0 bridgehead atoms. The van der Waals surface area contributed by atoms with Crippen molar-refractivity contribution in [2.24, 2.45) is 5.16 Å². The molecule has 0 aromatic carbocycles. The molecule has 1 atom stereocenters. The molecule has 1 fully saturated rings. The van der Waals surface area contributed by atoms with E-state index in [1.54, 1.807) is 0 Å². The molecule has 0 aromatic heterocycles. The molecular weight excluding hydrogens is 286 g/mol. The van der Waals surface area contributed by atoms with Crippen molar-refractivity contribution < 1.29 is 13.6 Å². The van der Waals surface area contributed by atoms with E-state index in [1.165, 1.54) is 19.3 Å². The molecule has 0 amide bonds. The van der Waals surface area contributed by atoms with E-state index < -0.39 is 15.1 Å². The Hall–Kier alpha value is -0.580. The van der Waals surface area contributed by atoms with Crippen molar-refractivity contribution in [2.45, 2.75) is 89.2 Å². The van der Waals surface area contributed by atoms with Gasteiger partial charge in [-0.05, 0) is 25.7 Å². The van der Waals surface area contributed by atoms with Gasteiger partial charge in [-0.2, -0.15) is 0 Å². The molecule has 0 saturated heterocycles. The zero-order valence-electron chi connectivity index (χ0n) is 13.4. The molecule has 5 heteroatoms. The highest BCUT2D eigenvalue weighted by Crippen LogP contribution is 2.22. The van der Waals surface area contributed by atoms with Crippen LogP contribution in [0, 0.1) is 0 Å². The molecule has 0 radical (unpaired) electrons. The molecule has 1 N–H and O–H groups in total. The molecule has 21 heavy (non-hydrogen) atoms. The van der Waals surface area contributed by atoms with Crippen molar-refractivity contribution in [1.82, 2.24) is 0 Å². The SMILES string of the molecule is CCCCCCCCS(=O)(=O)[C@@H]1CCCCCC/C1=N/O. The topological polar surface area (TPSA) is 66.7 Å². The third-order valence-electron chi connectivity index (χ3n) is 4.37. The lowest BCUT2D eigenvalue weighted by atomic mass is 9.99. The van der Waals surface area contributed by atoms with Crippen LogP contribution in [-0.4, -0.2) is 30.3 Å². The molecule has 0 unspecified atom stereocenters. The maximum Gasteiger partial charge on any atom is 0.158 e. The van der Waals surface area contributed by atoms with Gasteiger partial charge in [-0.25, -0.2) is 8.42 Å². The summed E-state index contributed by atoms with van der Waals surface area (Å²) in [6.07, 6.45) is 11.8. The van der Waals surface area contributed by atoms with E-state index in [2.05, 4.69) is 12.1 Å². The van der Waals surface area contributed by atoms with E-state index >= 15 is 0 Å². The fraction of sp³-hybridized carbons (Fsp3) is 0.938. The first-order chi connectivity index (χ1) is 10.1. The normalized spacial score (nSPS) is 22.9. The van der Waals surface area contributed by atoms with Crippen molar-refractivity contribution >= 4 is 15.5 Å². The Labute approximate surface area is 129 Å². The summed E-state index contributed by atoms with van der Waals surface area (Å²) in [7, 11) is -3.17. The van der Waals surface area contributed by atoms with Crippen molar-refractivity contribution in [3.05, 3.63) is 0 Å². The Balaban J connectivity index is 2.49. The first kappa shape index (κ1) is 18.5. The molecule has 0 aliphatic heterocycles. The lowest BCUT2D eigenvalue weighted by Gasteiger charge is -2.21. The van der Waals surface area contributed by atoms with Gasteiger partial charge in [0.1, 0.15) is 5.25 Å². The van der Waals surface area contributed by atoms with E-state index in [4.69, 9.17) is 5.21 Å². The molecular formula is C16H31NO3S. The molecule has 1 saturated carbocycles. The highest BCUT2D eigenvalue weighted by molar-refractivity contribution is 7.92. The van der Waals surface area contributed by atoms with Gasteiger partial charge >= 0.3 is 0 Å². The summed E-state index contributed by atoms with van der Waals surface area (Å²) < 4.78 is 25.0. The van der Waals surface area contributed by atoms with E-state index in [0.29, 0.717) is 18.6 Å². The summed E-state index contributed by atoms with van der Waals surface area (Å²) in [4.78, 5) is 0. The summed E-state index contributed by atoms with van der Waals surface area (Å²) in [5, 5.41) is 11.9. The molecule has 1 aliphatic rings. The van der Waals surface area contributed by atoms with E-state index in [0.717, 1.165) is 44.9 Å². The van der Waals surface area contributed by atoms with Crippen molar-refractivity contribution in [3.63, 3.8) is 0 Å². The van der Waals surface area contributed by atoms with Crippen LogP contribution >= 0.6 is 0 Å². The number of hydrogen-bond acceptors (Lipinski definition) is 4. The third kappa shape index (κ3) is 6.81. The third-order valence-corrected chi connectivity index (χ3v) is 6.60. The number of oxime groups is 1. The predicted molar refractivity (Wildman–Crippen MR) is 87.9 cm³/mol. The van der Waals surface area contributed by atoms with Gasteiger partial charge in [-0.15, -0.1) is 0 Å². The Bertz CT molecular complexity index is 404. The lowest BCUT2D eigenvalue weighted by molar-refractivity contribution is 0.315. The Kier molecular flexibility index (Phi) is 8.97. The van der Waals surface area contributed by atoms with Gasteiger partial charge in [0.05, 0.1) is 11.5 Å². The highest BCUT2D eigenvalue weighted by atomic mass is 32.2. The standard InChI is InChI=1S/C16H31NO3S/c1-2-3-4-5-8-11-14-21(19,20)16-13-10-7-6-9-12-15(16)17-18/h16,18H,2-14H2,1H3/b17-15-/t16-/m1/s1. The fourth-order valence-corrected chi connectivity index (χ4v) is 5.04. The van der Waals surface area contributed by atoms with Gasteiger partial charge < -0.3 is 5.21 Å². The Morgan fingerprint density at radius 2 is 1.71 bits per heavy atom. The summed E-state index contributed by atoms with van der Waals surface area (Å²) in [5.74, 6) is 0.239. The van der Waals surface area contributed by atoms with Crippen LogP contribution in [0.2, 0.25) is 0 Å². The maximum atomic E-state index is 12.5. The van der Waals surface area contributed by atoms with Crippen LogP contribution in [-0.2, 0) is 9.84 Å². The van der Waals surface area contributed by atoms with Gasteiger partial charge in [0.25, 0.3) is 0 Å². The van der Waals surface area contributed by atoms with E-state index in [9.17, 15) is 8.42 Å². The summed E-state index contributed by atoms with van der Waals surface area (Å²) in [5.41, 5.74) is 0.487. The van der Waals surface area contributed by atoms with Crippen molar-refractivity contribution in [3.8, 4) is 0 Å². The highest BCUT2D eigenvalue weighted by Gasteiger charge is 2.30. The summed E-state index contributed by atoms with van der Waals surface area (Å²) in [6, 6.07) is 0. The zero-order chi connectivity index (χ0) is 15.6. The van der Waals surface area contributed by atoms with Crippen molar-refractivity contribution in [2.75, 3.05) is 5.75 Å². The summed E-state index contributed by atoms with van der Waals surface area (Å²) in [6.45, 7) is 2.18. The second-order valence-electron chi connectivity index (χ2n) is 6.17. The fourth-order valence-electron chi connectivity index (χ4n) is 3.04. The van der Waals surface area contributed by atoms with Gasteiger partial charge in [0.2, 0.25) is 0 Å². The average Bonchev–Trinajstić information content (AvgIpc) is 2.42. The van der Waals surface area contributed by atoms with Crippen molar-refractivity contribution in [1.29, 1.82) is 0 Å². The number of rotatable bonds is 8. The molecule has 1 rings (SSSR count). The van der Waals surface area contributed by atoms with Gasteiger partial charge in [-0.1, -0.05) is 63.4 Å². The second kappa shape index (κ2) is 10.2. The van der Waals surface area contributed by atoms with E-state index in [1.807, 2.05) is 0 Å². The Morgan fingerprint density at radius 3 is 2.43 bits per heavy atom. The maximum absolute atomic E-state index is 12.5. The van der Waals surface area contributed by atoms with Crippen LogP contribution in [0.3, 0.4) is 0 Å². The minimum Gasteiger partial charge on any atom is -0.411 e. The molecule has 0 heterocycles. The van der Waals surface area contributed by atoms with Gasteiger partial charge in [0.15, 0.2) is 9.84 Å². The van der Waals surface area contributed by atoms with Crippen LogP contribution in [0.25, 0.3) is 0 Å². The van der Waals surface area contributed by atoms with Crippen LogP contribution < -0.4 is 0 Å². The molecule has 1 aliphatic carbocycles. The lowest BCUT2D eigenvalue weighted by Crippen LogP contribution is -2.33. The minimum absolute atomic E-state index is 0.239. The van der Waals surface area contributed by atoms with Crippen LogP contribution in [0.5, 0.6) is 0 Å². The van der Waals surface area contributed by atoms with Gasteiger partial charge in [-0.3, -0.25) is 0 Å². The number of hydrogen-bond donors (Lipinski definition) is 1. The smallest absolute Gasteiger partial charge is 0.158 e. The first-order valence-electron chi connectivity index (χ1n) is 8.54. The predicted octanol–water partition coefficient (Wildman–Crippen LogP) is 4.31. The molecule has 4 nitrogen and oxygen atoms in total. The molecule has 0 aromatic rings. The largest absolute Gasteiger partial charge is 0.411 e. The monoisotopic (exact) mass is 317 g/mol. The minimum atomic E-state index is -3.17. The first-order valence-corrected chi connectivity index (χ1v) is 10.3. The van der Waals surface area contributed by atoms with E-state index in [-0.39, 0.29) is 5.75 Å². The van der Waals surface area contributed by atoms with Crippen LogP contribution in [0.4, 0.5) is 0 Å². The number of sulfone groups is 1. The second-order valence-corrected chi connectivity index (χ2v) is 8.47. The molecule has 124 valence electrons. The van der Waals surface area contributed by atoms with Crippen LogP contribution in [0.15, 0.2) is 5.16 Å². The Morgan fingerprint density at radius 1 is 1.05 bits per heavy atom.